The number of aliphatic imine (C=N–C) groups is 1. The molecule has 1 fully saturated rings. The van der Waals surface area contributed by atoms with Crippen LogP contribution in [0, 0.1) is 5.92 Å². The summed E-state index contributed by atoms with van der Waals surface area (Å²) in [5.74, 6) is 1.17. The van der Waals surface area contributed by atoms with Gasteiger partial charge in [-0.1, -0.05) is 43.0 Å². The summed E-state index contributed by atoms with van der Waals surface area (Å²) < 4.78 is 0. The van der Waals surface area contributed by atoms with Gasteiger partial charge < -0.3 is 16.0 Å². The van der Waals surface area contributed by atoms with E-state index in [-0.39, 0.29) is 35.8 Å². The lowest BCUT2D eigenvalue weighted by Gasteiger charge is -2.21. The Morgan fingerprint density at radius 3 is 2.31 bits per heavy atom. The quantitative estimate of drug-likeness (QED) is 0.237. The predicted molar refractivity (Wildman–Crippen MR) is 120 cm³/mol. The first-order chi connectivity index (χ1) is 12.2. The number of nitrogens with zero attached hydrogens (tertiary/aromatic N) is 1. The van der Waals surface area contributed by atoms with Crippen LogP contribution in [0.15, 0.2) is 29.3 Å². The number of halogens is 2. The molecule has 0 aromatic heterocycles. The summed E-state index contributed by atoms with van der Waals surface area (Å²) in [6.45, 7) is 2.07. The third-order valence-corrected chi connectivity index (χ3v) is 4.79. The van der Waals surface area contributed by atoms with E-state index >= 15 is 0 Å². The van der Waals surface area contributed by atoms with Crippen molar-refractivity contribution < 1.29 is 4.79 Å². The fourth-order valence-corrected chi connectivity index (χ4v) is 3.20. The highest BCUT2D eigenvalue weighted by Crippen LogP contribution is 2.23. The average Bonchev–Trinajstić information content (AvgIpc) is 2.65. The third-order valence-electron chi connectivity index (χ3n) is 4.54. The van der Waals surface area contributed by atoms with Crippen LogP contribution in [0.2, 0.25) is 5.02 Å². The molecule has 0 spiro atoms. The molecule has 0 aliphatic heterocycles. The first-order valence-corrected chi connectivity index (χ1v) is 9.53. The maximum atomic E-state index is 12.1. The highest BCUT2D eigenvalue weighted by atomic mass is 127. The van der Waals surface area contributed by atoms with E-state index in [1.807, 2.05) is 24.3 Å². The molecule has 0 saturated heterocycles. The molecule has 146 valence electrons. The van der Waals surface area contributed by atoms with E-state index in [9.17, 15) is 4.79 Å². The Balaban J connectivity index is 0.00000338. The molecular formula is C19H30ClIN4O. The minimum atomic E-state index is 0. The number of benzene rings is 1. The van der Waals surface area contributed by atoms with Crippen molar-refractivity contribution in [2.45, 2.75) is 38.5 Å². The summed E-state index contributed by atoms with van der Waals surface area (Å²) in [5.41, 5.74) is 1.23. The number of nitrogens with one attached hydrogen (secondary N) is 3. The van der Waals surface area contributed by atoms with Crippen LogP contribution in [0.3, 0.4) is 0 Å². The van der Waals surface area contributed by atoms with E-state index in [1.165, 1.54) is 24.8 Å². The summed E-state index contributed by atoms with van der Waals surface area (Å²) in [5, 5.41) is 10.3. The number of amides is 1. The van der Waals surface area contributed by atoms with Gasteiger partial charge in [0.2, 0.25) is 5.91 Å². The topological polar surface area (TPSA) is 65.5 Å². The minimum absolute atomic E-state index is 0. The van der Waals surface area contributed by atoms with E-state index < -0.39 is 0 Å². The Bertz CT molecular complexity index is 559. The molecule has 1 aromatic rings. The number of carbonyl (C=O) groups excluding carboxylic acids is 1. The molecule has 1 aromatic carbocycles. The molecule has 3 N–H and O–H groups in total. The van der Waals surface area contributed by atoms with Crippen LogP contribution in [0.25, 0.3) is 0 Å². The van der Waals surface area contributed by atoms with Crippen LogP contribution in [-0.2, 0) is 11.2 Å². The van der Waals surface area contributed by atoms with Gasteiger partial charge in [-0.15, -0.1) is 24.0 Å². The highest BCUT2D eigenvalue weighted by molar-refractivity contribution is 14.0. The number of rotatable bonds is 7. The molecule has 7 heteroatoms. The molecule has 0 radical (unpaired) electrons. The summed E-state index contributed by atoms with van der Waals surface area (Å²) in [6.07, 6.45) is 6.60. The van der Waals surface area contributed by atoms with Crippen molar-refractivity contribution in [3.63, 3.8) is 0 Å². The van der Waals surface area contributed by atoms with E-state index in [2.05, 4.69) is 20.9 Å². The lowest BCUT2D eigenvalue weighted by molar-refractivity contribution is -0.125. The molecule has 1 aliphatic rings. The summed E-state index contributed by atoms with van der Waals surface area (Å²) >= 11 is 5.89. The van der Waals surface area contributed by atoms with Gasteiger partial charge in [-0.3, -0.25) is 9.79 Å². The first-order valence-electron chi connectivity index (χ1n) is 9.15. The predicted octanol–water partition coefficient (Wildman–Crippen LogP) is 3.36. The lowest BCUT2D eigenvalue weighted by atomic mass is 9.89. The van der Waals surface area contributed by atoms with Gasteiger partial charge in [0, 0.05) is 37.6 Å². The van der Waals surface area contributed by atoms with E-state index in [1.54, 1.807) is 7.05 Å². The first kappa shape index (κ1) is 23.0. The fourth-order valence-electron chi connectivity index (χ4n) is 3.07. The zero-order valence-corrected chi connectivity index (χ0v) is 18.5. The second-order valence-electron chi connectivity index (χ2n) is 6.43. The Hall–Kier alpha value is -1.02. The number of carbonyl (C=O) groups is 1. The molecular weight excluding hydrogens is 463 g/mol. The van der Waals surface area contributed by atoms with E-state index in [0.717, 1.165) is 36.8 Å². The summed E-state index contributed by atoms with van der Waals surface area (Å²) in [4.78, 5) is 16.3. The Labute approximate surface area is 178 Å². The van der Waals surface area contributed by atoms with E-state index in [4.69, 9.17) is 11.6 Å². The smallest absolute Gasteiger partial charge is 0.223 e. The van der Waals surface area contributed by atoms with Crippen LogP contribution in [0.5, 0.6) is 0 Å². The van der Waals surface area contributed by atoms with Crippen molar-refractivity contribution in [1.29, 1.82) is 0 Å². The number of guanidine groups is 1. The molecule has 5 nitrogen and oxygen atoms in total. The van der Waals surface area contributed by atoms with Crippen molar-refractivity contribution in [1.82, 2.24) is 16.0 Å². The Morgan fingerprint density at radius 2 is 1.65 bits per heavy atom. The molecule has 26 heavy (non-hydrogen) atoms. The summed E-state index contributed by atoms with van der Waals surface area (Å²) in [7, 11) is 1.75. The third kappa shape index (κ3) is 8.58. The zero-order valence-electron chi connectivity index (χ0n) is 15.4. The van der Waals surface area contributed by atoms with Crippen molar-refractivity contribution in [3.8, 4) is 0 Å². The standard InChI is InChI=1S/C19H29ClN4O.HI/c1-21-19(23-12-11-15-7-9-17(20)10-8-15)24-14-13-22-18(25)16-5-3-2-4-6-16;/h7-10,16H,2-6,11-14H2,1H3,(H,22,25)(H2,21,23,24);1H. The van der Waals surface area contributed by atoms with Crippen molar-refractivity contribution >= 4 is 47.4 Å². The highest BCUT2D eigenvalue weighted by Gasteiger charge is 2.20. The molecule has 1 saturated carbocycles. The van der Waals surface area contributed by atoms with Crippen LogP contribution >= 0.6 is 35.6 Å². The van der Waals surface area contributed by atoms with Gasteiger partial charge >= 0.3 is 0 Å². The van der Waals surface area contributed by atoms with Gasteiger partial charge in [0.05, 0.1) is 0 Å². The van der Waals surface area contributed by atoms with Crippen molar-refractivity contribution in [2.24, 2.45) is 10.9 Å². The van der Waals surface area contributed by atoms with Gasteiger partial charge in [-0.25, -0.2) is 0 Å². The average molecular weight is 493 g/mol. The zero-order chi connectivity index (χ0) is 17.9. The van der Waals surface area contributed by atoms with Gasteiger partial charge in [0.15, 0.2) is 5.96 Å². The summed E-state index contributed by atoms with van der Waals surface area (Å²) in [6, 6.07) is 7.86. The fraction of sp³-hybridized carbons (Fsp3) is 0.579. The molecule has 0 heterocycles. The number of hydrogen-bond acceptors (Lipinski definition) is 2. The monoisotopic (exact) mass is 492 g/mol. The SMILES string of the molecule is CN=C(NCCNC(=O)C1CCCCC1)NCCc1ccc(Cl)cc1.I. The van der Waals surface area contributed by atoms with Gasteiger partial charge in [-0.2, -0.15) is 0 Å². The molecule has 0 bridgehead atoms. The molecule has 0 atom stereocenters. The minimum Gasteiger partial charge on any atom is -0.356 e. The van der Waals surface area contributed by atoms with Gasteiger partial charge in [0.1, 0.15) is 0 Å². The lowest BCUT2D eigenvalue weighted by Crippen LogP contribution is -2.43. The molecule has 2 rings (SSSR count). The second-order valence-corrected chi connectivity index (χ2v) is 6.86. The van der Waals surface area contributed by atoms with Gasteiger partial charge in [-0.05, 0) is 37.0 Å². The number of hydrogen-bond donors (Lipinski definition) is 3. The largest absolute Gasteiger partial charge is 0.356 e. The Kier molecular flexibility index (Phi) is 11.7. The van der Waals surface area contributed by atoms with Gasteiger partial charge in [0.25, 0.3) is 0 Å². The van der Waals surface area contributed by atoms with Crippen molar-refractivity contribution in [2.75, 3.05) is 26.7 Å². The molecule has 1 aliphatic carbocycles. The van der Waals surface area contributed by atoms with Crippen LogP contribution < -0.4 is 16.0 Å². The maximum Gasteiger partial charge on any atom is 0.223 e. The van der Waals surface area contributed by atoms with Crippen LogP contribution in [0.1, 0.15) is 37.7 Å². The van der Waals surface area contributed by atoms with Crippen LogP contribution in [-0.4, -0.2) is 38.5 Å². The van der Waals surface area contributed by atoms with Crippen LogP contribution in [0.4, 0.5) is 0 Å². The Morgan fingerprint density at radius 1 is 1.04 bits per heavy atom. The second kappa shape index (κ2) is 13.2. The normalized spacial score (nSPS) is 15.1. The van der Waals surface area contributed by atoms with E-state index in [0.29, 0.717) is 13.1 Å². The molecule has 1 amide bonds. The maximum absolute atomic E-state index is 12.1. The molecule has 0 unspecified atom stereocenters. The van der Waals surface area contributed by atoms with Crippen molar-refractivity contribution in [3.05, 3.63) is 34.9 Å².